The second-order valence-electron chi connectivity index (χ2n) is 7.48. The molecule has 0 spiro atoms. The van der Waals surface area contributed by atoms with Gasteiger partial charge in [0.25, 0.3) is 0 Å². The third-order valence-electron chi connectivity index (χ3n) is 5.36. The van der Waals surface area contributed by atoms with Crippen LogP contribution < -0.4 is 5.32 Å². The molecule has 0 radical (unpaired) electrons. The van der Waals surface area contributed by atoms with E-state index in [4.69, 9.17) is 0 Å². The largest absolute Gasteiger partial charge is 0.313 e. The Morgan fingerprint density at radius 1 is 1.22 bits per heavy atom. The average molecular weight is 250 g/mol. The molecule has 2 bridgehead atoms. The molecule has 2 heteroatoms. The summed E-state index contributed by atoms with van der Waals surface area (Å²) in [7, 11) is 0. The van der Waals surface area contributed by atoms with Crippen molar-refractivity contribution in [1.29, 1.82) is 0 Å². The van der Waals surface area contributed by atoms with Crippen LogP contribution in [0, 0.1) is 11.3 Å². The maximum absolute atomic E-state index is 3.77. The standard InChI is InChI=1S/C16H30N2/c1-3-8-16(2,11-17-14-5-6-14)12-18-10-13-4-7-15(18)9-13/h13-15,17H,3-12H2,1-2H3. The third-order valence-corrected chi connectivity index (χ3v) is 5.36. The Morgan fingerprint density at radius 2 is 2.06 bits per heavy atom. The van der Waals surface area contributed by atoms with E-state index in [1.54, 1.807) is 0 Å². The van der Waals surface area contributed by atoms with E-state index in [0.717, 1.165) is 18.0 Å². The minimum Gasteiger partial charge on any atom is -0.313 e. The Bertz CT molecular complexity index is 287. The predicted octanol–water partition coefficient (Wildman–Crippen LogP) is 3.03. The SMILES string of the molecule is CCCC(C)(CNC1CC1)CN1CC2CCC1C2. The molecule has 1 heterocycles. The molecule has 0 aromatic rings. The number of piperidine rings is 1. The zero-order valence-corrected chi connectivity index (χ0v) is 12.3. The summed E-state index contributed by atoms with van der Waals surface area (Å²) in [5, 5.41) is 3.77. The summed E-state index contributed by atoms with van der Waals surface area (Å²) in [5.74, 6) is 1.04. The summed E-state index contributed by atoms with van der Waals surface area (Å²) in [6.45, 7) is 8.82. The molecular formula is C16H30N2. The first-order valence-corrected chi connectivity index (χ1v) is 8.16. The fraction of sp³-hybridized carbons (Fsp3) is 1.00. The van der Waals surface area contributed by atoms with Gasteiger partial charge in [0.15, 0.2) is 0 Å². The van der Waals surface area contributed by atoms with Gasteiger partial charge < -0.3 is 5.32 Å². The van der Waals surface area contributed by atoms with Crippen LogP contribution in [0.1, 0.15) is 58.8 Å². The second-order valence-corrected chi connectivity index (χ2v) is 7.48. The van der Waals surface area contributed by atoms with Crippen molar-refractivity contribution in [1.82, 2.24) is 10.2 Å². The van der Waals surface area contributed by atoms with Gasteiger partial charge in [-0.25, -0.2) is 0 Å². The second kappa shape index (κ2) is 5.13. The minimum absolute atomic E-state index is 0.502. The average Bonchev–Trinajstić information content (AvgIpc) is 2.95. The lowest BCUT2D eigenvalue weighted by Gasteiger charge is -2.38. The van der Waals surface area contributed by atoms with Crippen molar-refractivity contribution in [3.8, 4) is 0 Å². The van der Waals surface area contributed by atoms with Gasteiger partial charge in [0.2, 0.25) is 0 Å². The first-order valence-electron chi connectivity index (χ1n) is 8.16. The molecule has 18 heavy (non-hydrogen) atoms. The lowest BCUT2D eigenvalue weighted by atomic mass is 9.84. The molecule has 1 aliphatic heterocycles. The molecule has 104 valence electrons. The van der Waals surface area contributed by atoms with Gasteiger partial charge in [-0.15, -0.1) is 0 Å². The Labute approximate surface area is 113 Å². The van der Waals surface area contributed by atoms with E-state index in [-0.39, 0.29) is 0 Å². The van der Waals surface area contributed by atoms with Gasteiger partial charge in [0.05, 0.1) is 0 Å². The molecule has 3 atom stereocenters. The molecule has 2 saturated carbocycles. The van der Waals surface area contributed by atoms with Crippen molar-refractivity contribution in [3.05, 3.63) is 0 Å². The lowest BCUT2D eigenvalue weighted by Crippen LogP contribution is -2.45. The highest BCUT2D eigenvalue weighted by Gasteiger charge is 2.40. The number of nitrogens with zero attached hydrogens (tertiary/aromatic N) is 1. The van der Waals surface area contributed by atoms with Crippen LogP contribution in [0.5, 0.6) is 0 Å². The highest BCUT2D eigenvalue weighted by molar-refractivity contribution is 4.95. The molecular weight excluding hydrogens is 220 g/mol. The molecule has 3 unspecified atom stereocenters. The third kappa shape index (κ3) is 2.91. The molecule has 3 fully saturated rings. The highest BCUT2D eigenvalue weighted by atomic mass is 15.2. The van der Waals surface area contributed by atoms with Crippen LogP contribution in [0.15, 0.2) is 0 Å². The predicted molar refractivity (Wildman–Crippen MR) is 76.7 cm³/mol. The smallest absolute Gasteiger partial charge is 0.00988 e. The summed E-state index contributed by atoms with van der Waals surface area (Å²) in [6.07, 6.45) is 10.0. The Hall–Kier alpha value is -0.0800. The Morgan fingerprint density at radius 3 is 2.61 bits per heavy atom. The maximum atomic E-state index is 3.77. The van der Waals surface area contributed by atoms with Crippen LogP contribution >= 0.6 is 0 Å². The summed E-state index contributed by atoms with van der Waals surface area (Å²) < 4.78 is 0. The summed E-state index contributed by atoms with van der Waals surface area (Å²) in [4.78, 5) is 2.82. The topological polar surface area (TPSA) is 15.3 Å². The van der Waals surface area contributed by atoms with Crippen LogP contribution in [0.3, 0.4) is 0 Å². The van der Waals surface area contributed by atoms with Crippen molar-refractivity contribution < 1.29 is 0 Å². The van der Waals surface area contributed by atoms with Crippen LogP contribution in [-0.2, 0) is 0 Å². The molecule has 2 aliphatic carbocycles. The molecule has 0 aromatic heterocycles. The van der Waals surface area contributed by atoms with Gasteiger partial charge in [0, 0.05) is 31.7 Å². The zero-order chi connectivity index (χ0) is 12.6. The van der Waals surface area contributed by atoms with E-state index < -0.39 is 0 Å². The van der Waals surface area contributed by atoms with E-state index in [0.29, 0.717) is 5.41 Å². The molecule has 1 saturated heterocycles. The van der Waals surface area contributed by atoms with E-state index >= 15 is 0 Å². The van der Waals surface area contributed by atoms with Crippen molar-refractivity contribution in [2.75, 3.05) is 19.6 Å². The molecule has 0 aromatic carbocycles. The van der Waals surface area contributed by atoms with Gasteiger partial charge in [-0.3, -0.25) is 4.90 Å². The van der Waals surface area contributed by atoms with E-state index in [9.17, 15) is 0 Å². The van der Waals surface area contributed by atoms with E-state index in [1.807, 2.05) is 0 Å². The first kappa shape index (κ1) is 12.9. The van der Waals surface area contributed by atoms with Gasteiger partial charge in [0.1, 0.15) is 0 Å². The first-order chi connectivity index (χ1) is 8.68. The fourth-order valence-electron chi connectivity index (χ4n) is 4.22. The van der Waals surface area contributed by atoms with E-state index in [1.165, 1.54) is 64.6 Å². The van der Waals surface area contributed by atoms with Crippen LogP contribution in [0.4, 0.5) is 0 Å². The van der Waals surface area contributed by atoms with Crippen molar-refractivity contribution in [2.24, 2.45) is 11.3 Å². The number of nitrogens with one attached hydrogen (secondary N) is 1. The Kier molecular flexibility index (Phi) is 3.68. The van der Waals surface area contributed by atoms with Crippen LogP contribution in [-0.4, -0.2) is 36.6 Å². The van der Waals surface area contributed by atoms with Gasteiger partial charge in [-0.05, 0) is 49.9 Å². The lowest BCUT2D eigenvalue weighted by molar-refractivity contribution is 0.120. The van der Waals surface area contributed by atoms with Crippen LogP contribution in [0.25, 0.3) is 0 Å². The van der Waals surface area contributed by atoms with Crippen molar-refractivity contribution in [2.45, 2.75) is 70.9 Å². The monoisotopic (exact) mass is 250 g/mol. The van der Waals surface area contributed by atoms with E-state index in [2.05, 4.69) is 24.1 Å². The van der Waals surface area contributed by atoms with Crippen LogP contribution in [0.2, 0.25) is 0 Å². The van der Waals surface area contributed by atoms with Gasteiger partial charge in [-0.1, -0.05) is 20.3 Å². The fourth-order valence-corrected chi connectivity index (χ4v) is 4.22. The molecule has 2 nitrogen and oxygen atoms in total. The summed E-state index contributed by atoms with van der Waals surface area (Å²) >= 11 is 0. The number of fused-ring (bicyclic) bond motifs is 2. The van der Waals surface area contributed by atoms with Gasteiger partial charge in [-0.2, -0.15) is 0 Å². The number of likely N-dealkylation sites (tertiary alicyclic amines) is 1. The molecule has 0 amide bonds. The van der Waals surface area contributed by atoms with Crippen molar-refractivity contribution in [3.63, 3.8) is 0 Å². The molecule has 1 N–H and O–H groups in total. The highest BCUT2D eigenvalue weighted by Crippen LogP contribution is 2.39. The number of rotatable bonds is 7. The summed E-state index contributed by atoms with van der Waals surface area (Å²) in [5.41, 5.74) is 0.502. The molecule has 3 rings (SSSR count). The molecule has 3 aliphatic rings. The zero-order valence-electron chi connectivity index (χ0n) is 12.3. The number of hydrogen-bond donors (Lipinski definition) is 1. The van der Waals surface area contributed by atoms with Gasteiger partial charge >= 0.3 is 0 Å². The minimum atomic E-state index is 0.502. The summed E-state index contributed by atoms with van der Waals surface area (Å²) in [6, 6.07) is 1.79. The number of hydrogen-bond acceptors (Lipinski definition) is 2. The Balaban J connectivity index is 1.54. The maximum Gasteiger partial charge on any atom is 0.00988 e. The quantitative estimate of drug-likeness (QED) is 0.747. The van der Waals surface area contributed by atoms with Crippen molar-refractivity contribution >= 4 is 0 Å². The normalized spacial score (nSPS) is 35.0.